The molecule has 3 rings (SSSR count). The van der Waals surface area contributed by atoms with E-state index in [0.29, 0.717) is 11.3 Å². The van der Waals surface area contributed by atoms with Gasteiger partial charge in [-0.05, 0) is 36.2 Å². The molecule has 0 saturated carbocycles. The van der Waals surface area contributed by atoms with E-state index < -0.39 is 20.9 Å². The van der Waals surface area contributed by atoms with E-state index >= 15 is 0 Å². The van der Waals surface area contributed by atoms with Gasteiger partial charge >= 0.3 is 5.97 Å². The fraction of sp³-hybridized carbons (Fsp3) is 0.136. The third-order valence-electron chi connectivity index (χ3n) is 4.50. The van der Waals surface area contributed by atoms with Crippen molar-refractivity contribution in [1.29, 1.82) is 0 Å². The van der Waals surface area contributed by atoms with Crippen LogP contribution in [0.4, 0.5) is 5.69 Å². The molecule has 0 fully saturated rings. The number of carbonyl (C=O) groups excluding carboxylic acids is 1. The monoisotopic (exact) mass is 472 g/mol. The fourth-order valence-corrected chi connectivity index (χ4v) is 4.97. The number of methoxy groups -OCH3 is 1. The first-order valence-corrected chi connectivity index (χ1v) is 11.8. The molecule has 0 aromatic heterocycles. The van der Waals surface area contributed by atoms with E-state index in [2.05, 4.69) is 4.72 Å². The Morgan fingerprint density at radius 2 is 1.72 bits per heavy atom. The van der Waals surface area contributed by atoms with E-state index in [1.807, 2.05) is 30.3 Å². The second-order valence-electron chi connectivity index (χ2n) is 6.61. The molecule has 32 heavy (non-hydrogen) atoms. The third-order valence-corrected chi connectivity index (χ3v) is 7.10. The Hall–Kier alpha value is -3.21. The highest BCUT2D eigenvalue weighted by Crippen LogP contribution is 2.37. The molecule has 0 radical (unpaired) electrons. The minimum Gasteiger partial charge on any atom is -0.465 e. The van der Waals surface area contributed by atoms with Gasteiger partial charge in [0.2, 0.25) is 10.0 Å². The molecule has 166 valence electrons. The third kappa shape index (κ3) is 5.72. The Labute approximate surface area is 189 Å². The molecule has 3 aromatic carbocycles. The number of nitrogens with zero attached hydrogens (tertiary/aromatic N) is 1. The van der Waals surface area contributed by atoms with Crippen LogP contribution >= 0.6 is 11.8 Å². The van der Waals surface area contributed by atoms with Gasteiger partial charge < -0.3 is 4.74 Å². The van der Waals surface area contributed by atoms with E-state index in [4.69, 9.17) is 4.74 Å². The van der Waals surface area contributed by atoms with Gasteiger partial charge in [-0.2, -0.15) is 0 Å². The molecule has 0 aliphatic rings. The zero-order valence-electron chi connectivity index (χ0n) is 17.1. The van der Waals surface area contributed by atoms with Crippen molar-refractivity contribution in [3.8, 4) is 0 Å². The number of ether oxygens (including phenoxy) is 1. The first kappa shape index (κ1) is 23.5. The van der Waals surface area contributed by atoms with Crippen molar-refractivity contribution in [1.82, 2.24) is 4.72 Å². The lowest BCUT2D eigenvalue weighted by atomic mass is 10.2. The Balaban J connectivity index is 1.83. The van der Waals surface area contributed by atoms with Crippen LogP contribution in [0.15, 0.2) is 87.5 Å². The number of nitro groups is 1. The summed E-state index contributed by atoms with van der Waals surface area (Å²) in [7, 11) is -2.69. The molecule has 0 spiro atoms. The van der Waals surface area contributed by atoms with E-state index in [1.165, 1.54) is 19.2 Å². The number of hydrogen-bond donors (Lipinski definition) is 1. The maximum Gasteiger partial charge on any atom is 0.339 e. The molecule has 1 N–H and O–H groups in total. The van der Waals surface area contributed by atoms with E-state index in [1.54, 1.807) is 24.3 Å². The smallest absolute Gasteiger partial charge is 0.339 e. The van der Waals surface area contributed by atoms with E-state index in [-0.39, 0.29) is 27.6 Å². The lowest BCUT2D eigenvalue weighted by Gasteiger charge is -2.10. The van der Waals surface area contributed by atoms with Crippen LogP contribution in [-0.4, -0.2) is 33.0 Å². The van der Waals surface area contributed by atoms with E-state index in [0.717, 1.165) is 23.4 Å². The van der Waals surface area contributed by atoms with Gasteiger partial charge in [-0.15, -0.1) is 0 Å². The molecule has 0 saturated heterocycles. The molecule has 0 aliphatic heterocycles. The van der Waals surface area contributed by atoms with Gasteiger partial charge in [-0.25, -0.2) is 17.9 Å². The number of nitro benzene ring substituents is 1. The average Bonchev–Trinajstić information content (AvgIpc) is 2.79. The molecule has 0 atom stereocenters. The van der Waals surface area contributed by atoms with E-state index in [9.17, 15) is 23.3 Å². The minimum atomic E-state index is -3.94. The summed E-state index contributed by atoms with van der Waals surface area (Å²) in [4.78, 5) is 23.4. The number of hydrogen-bond acceptors (Lipinski definition) is 7. The number of nitrogens with one attached hydrogen (secondary N) is 1. The van der Waals surface area contributed by atoms with Crippen molar-refractivity contribution in [2.45, 2.75) is 21.1 Å². The molecule has 0 amide bonds. The second kappa shape index (κ2) is 10.4. The number of carbonyl (C=O) groups is 1. The van der Waals surface area contributed by atoms with Crippen LogP contribution in [0.3, 0.4) is 0 Å². The van der Waals surface area contributed by atoms with Gasteiger partial charge in [0, 0.05) is 17.5 Å². The van der Waals surface area contributed by atoms with Crippen molar-refractivity contribution in [3.63, 3.8) is 0 Å². The summed E-state index contributed by atoms with van der Waals surface area (Å²) in [6, 6.07) is 19.6. The van der Waals surface area contributed by atoms with Crippen LogP contribution < -0.4 is 4.72 Å². The molecule has 10 heteroatoms. The number of esters is 1. The summed E-state index contributed by atoms with van der Waals surface area (Å²) >= 11 is 0.990. The average molecular weight is 473 g/mol. The first-order chi connectivity index (χ1) is 15.3. The minimum absolute atomic E-state index is 0.156. The highest BCUT2D eigenvalue weighted by molar-refractivity contribution is 7.99. The Bertz CT molecular complexity index is 1230. The van der Waals surface area contributed by atoms with Crippen molar-refractivity contribution in [2.24, 2.45) is 0 Å². The topological polar surface area (TPSA) is 116 Å². The number of benzene rings is 3. The van der Waals surface area contributed by atoms with Crippen LogP contribution in [0.25, 0.3) is 0 Å². The lowest BCUT2D eigenvalue weighted by molar-refractivity contribution is -0.388. The Kier molecular flexibility index (Phi) is 7.62. The number of sulfonamides is 1. The zero-order valence-corrected chi connectivity index (χ0v) is 18.7. The highest BCUT2D eigenvalue weighted by Gasteiger charge is 2.23. The molecule has 0 unspecified atom stereocenters. The maximum absolute atomic E-state index is 12.6. The first-order valence-electron chi connectivity index (χ1n) is 9.49. The number of rotatable bonds is 9. The highest BCUT2D eigenvalue weighted by atomic mass is 32.2. The molecule has 3 aromatic rings. The molecular weight excluding hydrogens is 452 g/mol. The van der Waals surface area contributed by atoms with Gasteiger partial charge in [-0.1, -0.05) is 54.2 Å². The summed E-state index contributed by atoms with van der Waals surface area (Å²) in [6.45, 7) is 0.156. The van der Waals surface area contributed by atoms with Gasteiger partial charge in [0.15, 0.2) is 0 Å². The predicted molar refractivity (Wildman–Crippen MR) is 120 cm³/mol. The van der Waals surface area contributed by atoms with Gasteiger partial charge in [-0.3, -0.25) is 10.1 Å². The zero-order chi connectivity index (χ0) is 23.1. The standard InChI is InChI=1S/C22H20N2O6S2/c1-30-22(25)18-9-5-6-10-20(18)31-21-12-11-17(15-19(21)24(26)27)32(28,29)23-14-13-16-7-3-2-4-8-16/h2-12,15,23H,13-14H2,1H3. The van der Waals surface area contributed by atoms with Crippen molar-refractivity contribution in [2.75, 3.05) is 13.7 Å². The summed E-state index contributed by atoms with van der Waals surface area (Å²) in [5.74, 6) is -0.572. The predicted octanol–water partition coefficient (Wildman–Crippen LogP) is 4.05. The summed E-state index contributed by atoms with van der Waals surface area (Å²) in [5, 5.41) is 11.7. The maximum atomic E-state index is 12.6. The van der Waals surface area contributed by atoms with Crippen molar-refractivity contribution in [3.05, 3.63) is 94.0 Å². The summed E-state index contributed by atoms with van der Waals surface area (Å²) < 4.78 is 32.5. The van der Waals surface area contributed by atoms with Crippen molar-refractivity contribution >= 4 is 33.4 Å². The van der Waals surface area contributed by atoms with Gasteiger partial charge in [0.25, 0.3) is 5.69 Å². The van der Waals surface area contributed by atoms with Gasteiger partial charge in [0.05, 0.1) is 27.4 Å². The Morgan fingerprint density at radius 1 is 1.03 bits per heavy atom. The lowest BCUT2D eigenvalue weighted by Crippen LogP contribution is -2.26. The van der Waals surface area contributed by atoms with Crippen molar-refractivity contribution < 1.29 is 22.9 Å². The van der Waals surface area contributed by atoms with Crippen LogP contribution in [-0.2, 0) is 21.2 Å². The van der Waals surface area contributed by atoms with Gasteiger partial charge in [0.1, 0.15) is 0 Å². The molecule has 0 heterocycles. The summed E-state index contributed by atoms with van der Waals surface area (Å²) in [6.07, 6.45) is 0.487. The fourth-order valence-electron chi connectivity index (χ4n) is 2.90. The SMILES string of the molecule is COC(=O)c1ccccc1Sc1ccc(S(=O)(=O)NCCc2ccccc2)cc1[N+](=O)[O-]. The van der Waals surface area contributed by atoms with Crippen LogP contribution in [0, 0.1) is 10.1 Å². The van der Waals surface area contributed by atoms with Crippen LogP contribution in [0.5, 0.6) is 0 Å². The summed E-state index contributed by atoms with van der Waals surface area (Å²) in [5.41, 5.74) is 0.853. The Morgan fingerprint density at radius 3 is 2.41 bits per heavy atom. The largest absolute Gasteiger partial charge is 0.465 e. The molecule has 8 nitrogen and oxygen atoms in total. The van der Waals surface area contributed by atoms with Crippen LogP contribution in [0.1, 0.15) is 15.9 Å². The normalized spacial score (nSPS) is 11.2. The second-order valence-corrected chi connectivity index (χ2v) is 9.46. The molecular formula is C22H20N2O6S2. The molecule has 0 aliphatic carbocycles. The van der Waals surface area contributed by atoms with Crippen LogP contribution in [0.2, 0.25) is 0 Å². The quantitative estimate of drug-likeness (QED) is 0.284. The molecule has 0 bridgehead atoms.